The molecule has 4 unspecified atom stereocenters. The van der Waals surface area contributed by atoms with E-state index in [1.807, 2.05) is 48.5 Å². The minimum absolute atomic E-state index is 0.125. The quantitative estimate of drug-likeness (QED) is 0.469. The lowest BCUT2D eigenvalue weighted by molar-refractivity contribution is 0.458. The SMILES string of the molecule is NP1CC(c2ccccc2)CC(c2ccc(F)cc2F)C1(P=O)c1ccccc1. The fraction of sp³-hybridized carbons (Fsp3) is 0.217. The molecule has 4 atom stereocenters. The lowest BCUT2D eigenvalue weighted by Crippen LogP contribution is -2.37. The summed E-state index contributed by atoms with van der Waals surface area (Å²) in [4.78, 5) is -0.916. The molecule has 0 amide bonds. The van der Waals surface area contributed by atoms with Gasteiger partial charge in [-0.2, -0.15) is 0 Å². The van der Waals surface area contributed by atoms with Gasteiger partial charge in [-0.15, -0.1) is 0 Å². The summed E-state index contributed by atoms with van der Waals surface area (Å²) in [5, 5.41) is 0. The van der Waals surface area contributed by atoms with Crippen molar-refractivity contribution in [3.8, 4) is 0 Å². The van der Waals surface area contributed by atoms with Crippen molar-refractivity contribution in [2.24, 2.45) is 5.50 Å². The lowest BCUT2D eigenvalue weighted by atomic mass is 9.80. The molecule has 1 saturated heterocycles. The van der Waals surface area contributed by atoms with Crippen LogP contribution >= 0.6 is 16.5 Å². The molecule has 2 nitrogen and oxygen atoms in total. The first-order valence-corrected chi connectivity index (χ1v) is 11.9. The van der Waals surface area contributed by atoms with Crippen LogP contribution in [0.5, 0.6) is 0 Å². The van der Waals surface area contributed by atoms with Gasteiger partial charge in [-0.25, -0.2) is 8.78 Å². The van der Waals surface area contributed by atoms with Gasteiger partial charge in [0.2, 0.25) is 0 Å². The van der Waals surface area contributed by atoms with Crippen LogP contribution in [0.4, 0.5) is 8.78 Å². The Hall–Kier alpha value is -1.99. The summed E-state index contributed by atoms with van der Waals surface area (Å²) in [6, 6.07) is 23.1. The molecule has 1 aliphatic rings. The molecule has 148 valence electrons. The molecular formula is C23H21F2NOP2. The fourth-order valence-corrected chi connectivity index (χ4v) is 7.94. The normalized spacial score (nSPS) is 27.1. The molecule has 6 heteroatoms. The summed E-state index contributed by atoms with van der Waals surface area (Å²) in [7, 11) is -1.38. The summed E-state index contributed by atoms with van der Waals surface area (Å²) in [6.07, 6.45) is 1.29. The van der Waals surface area contributed by atoms with E-state index in [1.54, 1.807) is 0 Å². The molecular weight excluding hydrogens is 406 g/mol. The second-order valence-electron chi connectivity index (χ2n) is 7.40. The van der Waals surface area contributed by atoms with E-state index >= 15 is 0 Å². The van der Waals surface area contributed by atoms with E-state index in [0.717, 1.165) is 17.2 Å². The maximum Gasteiger partial charge on any atom is 0.173 e. The maximum absolute atomic E-state index is 14.9. The molecule has 1 fully saturated rings. The second kappa shape index (κ2) is 8.40. The first-order valence-electron chi connectivity index (χ1n) is 9.48. The summed E-state index contributed by atoms with van der Waals surface area (Å²) < 4.78 is 41.2. The Kier molecular flexibility index (Phi) is 5.88. The fourth-order valence-electron chi connectivity index (χ4n) is 4.41. The lowest BCUT2D eigenvalue weighted by Gasteiger charge is -2.47. The number of benzene rings is 3. The van der Waals surface area contributed by atoms with E-state index in [0.29, 0.717) is 18.1 Å². The molecule has 0 aromatic heterocycles. The third-order valence-electron chi connectivity index (χ3n) is 5.81. The van der Waals surface area contributed by atoms with Gasteiger partial charge in [0.05, 0.1) is 0 Å². The Bertz CT molecular complexity index is 1000. The maximum atomic E-state index is 14.9. The molecule has 3 aromatic carbocycles. The molecule has 1 aliphatic heterocycles. The molecule has 0 radical (unpaired) electrons. The predicted molar refractivity (Wildman–Crippen MR) is 115 cm³/mol. The largest absolute Gasteiger partial charge is 0.308 e. The number of halogens is 2. The Morgan fingerprint density at radius 1 is 0.966 bits per heavy atom. The van der Waals surface area contributed by atoms with Crippen molar-refractivity contribution in [2.75, 3.05) is 6.16 Å². The molecule has 4 rings (SSSR count). The van der Waals surface area contributed by atoms with E-state index in [-0.39, 0.29) is 14.4 Å². The van der Waals surface area contributed by atoms with E-state index in [2.05, 4.69) is 12.1 Å². The van der Waals surface area contributed by atoms with Crippen LogP contribution in [0, 0.1) is 11.6 Å². The number of hydrogen-bond donors (Lipinski definition) is 1. The van der Waals surface area contributed by atoms with Crippen LogP contribution in [0.2, 0.25) is 0 Å². The van der Waals surface area contributed by atoms with Gasteiger partial charge in [0.1, 0.15) is 16.5 Å². The topological polar surface area (TPSA) is 43.1 Å². The van der Waals surface area contributed by atoms with Crippen molar-refractivity contribution >= 4 is 16.5 Å². The highest BCUT2D eigenvalue weighted by atomic mass is 31.2. The Balaban J connectivity index is 1.88. The zero-order chi connectivity index (χ0) is 20.4. The van der Waals surface area contributed by atoms with Gasteiger partial charge in [-0.3, -0.25) is 4.57 Å². The Morgan fingerprint density at radius 3 is 2.24 bits per heavy atom. The van der Waals surface area contributed by atoms with Crippen molar-refractivity contribution in [3.05, 3.63) is 107 Å². The first kappa shape index (κ1) is 20.3. The zero-order valence-electron chi connectivity index (χ0n) is 15.7. The van der Waals surface area contributed by atoms with Crippen LogP contribution in [-0.4, -0.2) is 6.16 Å². The van der Waals surface area contributed by atoms with Crippen molar-refractivity contribution in [2.45, 2.75) is 23.2 Å². The highest BCUT2D eigenvalue weighted by molar-refractivity contribution is 7.65. The van der Waals surface area contributed by atoms with Crippen LogP contribution in [0.1, 0.15) is 34.9 Å². The highest BCUT2D eigenvalue weighted by Gasteiger charge is 2.52. The Labute approximate surface area is 172 Å². The summed E-state index contributed by atoms with van der Waals surface area (Å²) in [5.41, 5.74) is 9.11. The van der Waals surface area contributed by atoms with Crippen molar-refractivity contribution in [1.29, 1.82) is 0 Å². The summed E-state index contributed by atoms with van der Waals surface area (Å²) >= 11 is 0. The van der Waals surface area contributed by atoms with Crippen molar-refractivity contribution in [3.63, 3.8) is 0 Å². The van der Waals surface area contributed by atoms with Gasteiger partial charge >= 0.3 is 0 Å². The van der Waals surface area contributed by atoms with E-state index in [4.69, 9.17) is 5.50 Å². The highest BCUT2D eigenvalue weighted by Crippen LogP contribution is 2.70. The van der Waals surface area contributed by atoms with Gasteiger partial charge in [-0.1, -0.05) is 66.7 Å². The summed E-state index contributed by atoms with van der Waals surface area (Å²) in [6.45, 7) is 0. The molecule has 3 aromatic rings. The smallest absolute Gasteiger partial charge is 0.173 e. The molecule has 0 saturated carbocycles. The summed E-state index contributed by atoms with van der Waals surface area (Å²) in [5.74, 6) is -1.54. The average molecular weight is 427 g/mol. The van der Waals surface area contributed by atoms with Crippen molar-refractivity contribution in [1.82, 2.24) is 0 Å². The Morgan fingerprint density at radius 2 is 1.62 bits per heavy atom. The van der Waals surface area contributed by atoms with Crippen LogP contribution in [0.3, 0.4) is 0 Å². The third-order valence-corrected chi connectivity index (χ3v) is 9.95. The van der Waals surface area contributed by atoms with Crippen molar-refractivity contribution < 1.29 is 13.3 Å². The van der Waals surface area contributed by atoms with E-state index in [9.17, 15) is 13.3 Å². The minimum atomic E-state index is -1.25. The monoisotopic (exact) mass is 427 g/mol. The molecule has 1 heterocycles. The molecule has 0 aliphatic carbocycles. The van der Waals surface area contributed by atoms with E-state index in [1.165, 1.54) is 12.1 Å². The van der Waals surface area contributed by atoms with Gasteiger partial charge in [0.15, 0.2) is 8.46 Å². The average Bonchev–Trinajstić information content (AvgIpc) is 2.75. The molecule has 0 bridgehead atoms. The third kappa shape index (κ3) is 3.66. The number of rotatable bonds is 4. The predicted octanol–water partition coefficient (Wildman–Crippen LogP) is 6.74. The standard InChI is InChI=1S/C23H21F2NOP2/c24-19-11-12-20(22(25)14-19)21-13-17(16-7-3-1-4-8-16)15-29(26)23(21,28-27)18-9-5-2-6-10-18/h1-12,14,17,21H,13,15,26H2. The number of nitrogens with two attached hydrogens (primary N) is 1. The van der Waals surface area contributed by atoms with Gasteiger partial charge < -0.3 is 5.50 Å². The second-order valence-corrected chi connectivity index (χ2v) is 10.6. The molecule has 29 heavy (non-hydrogen) atoms. The minimum Gasteiger partial charge on any atom is -0.308 e. The van der Waals surface area contributed by atoms with Crippen LogP contribution < -0.4 is 5.50 Å². The first-order chi connectivity index (χ1) is 14.1. The van der Waals surface area contributed by atoms with Gasteiger partial charge in [0, 0.05) is 12.0 Å². The van der Waals surface area contributed by atoms with Gasteiger partial charge in [-0.05, 0) is 49.3 Å². The molecule has 0 spiro atoms. The van der Waals surface area contributed by atoms with Crippen LogP contribution in [-0.2, 0) is 9.46 Å². The number of hydrogen-bond acceptors (Lipinski definition) is 2. The van der Waals surface area contributed by atoms with Gasteiger partial charge in [0.25, 0.3) is 0 Å². The zero-order valence-corrected chi connectivity index (χ0v) is 17.5. The van der Waals surface area contributed by atoms with Crippen LogP contribution in [0.15, 0.2) is 78.9 Å². The van der Waals surface area contributed by atoms with Crippen LogP contribution in [0.25, 0.3) is 0 Å². The molecule has 2 N–H and O–H groups in total. The van der Waals surface area contributed by atoms with E-state index < -0.39 is 30.5 Å².